The van der Waals surface area contributed by atoms with Crippen molar-refractivity contribution in [2.45, 2.75) is 6.92 Å². The molecule has 0 aromatic carbocycles. The van der Waals surface area contributed by atoms with E-state index in [2.05, 4.69) is 4.98 Å². The fraction of sp³-hybridized carbons (Fsp3) is 0.222. The summed E-state index contributed by atoms with van der Waals surface area (Å²) < 4.78 is 4.72. The third kappa shape index (κ3) is 2.75. The summed E-state index contributed by atoms with van der Waals surface area (Å²) in [7, 11) is 0. The number of nitrogens with zero attached hydrogens (tertiary/aromatic N) is 1. The van der Waals surface area contributed by atoms with Crippen LogP contribution in [0.3, 0.4) is 0 Å². The molecule has 15 heavy (non-hydrogen) atoms. The number of amides is 1. The molecule has 0 saturated carbocycles. The summed E-state index contributed by atoms with van der Waals surface area (Å²) in [6.07, 6.45) is 2.51. The SMILES string of the molecule is CCOC(=O)c1cncc(C(=O)NO)c1. The summed E-state index contributed by atoms with van der Waals surface area (Å²) in [5.74, 6) is -1.29. The number of hydrogen-bond donors (Lipinski definition) is 2. The average molecular weight is 210 g/mol. The third-order valence-corrected chi connectivity index (χ3v) is 1.61. The van der Waals surface area contributed by atoms with E-state index in [0.29, 0.717) is 0 Å². The fourth-order valence-electron chi connectivity index (χ4n) is 0.955. The zero-order chi connectivity index (χ0) is 11.3. The summed E-state index contributed by atoms with van der Waals surface area (Å²) >= 11 is 0. The molecular weight excluding hydrogens is 200 g/mol. The molecule has 0 unspecified atom stereocenters. The average Bonchev–Trinajstić information content (AvgIpc) is 2.28. The highest BCUT2D eigenvalue weighted by atomic mass is 16.5. The van der Waals surface area contributed by atoms with E-state index in [-0.39, 0.29) is 17.7 Å². The Hall–Kier alpha value is -1.95. The van der Waals surface area contributed by atoms with Crippen molar-refractivity contribution >= 4 is 11.9 Å². The Morgan fingerprint density at radius 3 is 2.73 bits per heavy atom. The Balaban J connectivity index is 2.92. The van der Waals surface area contributed by atoms with E-state index in [0.717, 1.165) is 0 Å². The molecule has 6 nitrogen and oxygen atoms in total. The van der Waals surface area contributed by atoms with E-state index in [9.17, 15) is 9.59 Å². The first-order valence-corrected chi connectivity index (χ1v) is 4.25. The van der Waals surface area contributed by atoms with Crippen LogP contribution in [0.15, 0.2) is 18.5 Å². The van der Waals surface area contributed by atoms with Crippen LogP contribution in [0.2, 0.25) is 0 Å². The monoisotopic (exact) mass is 210 g/mol. The van der Waals surface area contributed by atoms with Crippen molar-refractivity contribution in [2.75, 3.05) is 6.61 Å². The number of pyridine rings is 1. The molecule has 1 amide bonds. The maximum absolute atomic E-state index is 11.3. The second kappa shape index (κ2) is 5.06. The van der Waals surface area contributed by atoms with Gasteiger partial charge in [0.2, 0.25) is 0 Å². The normalized spacial score (nSPS) is 9.47. The number of hydrogen-bond acceptors (Lipinski definition) is 5. The molecule has 1 rings (SSSR count). The number of carbonyl (C=O) groups is 2. The highest BCUT2D eigenvalue weighted by Gasteiger charge is 2.10. The first-order chi connectivity index (χ1) is 7.19. The fourth-order valence-corrected chi connectivity index (χ4v) is 0.955. The van der Waals surface area contributed by atoms with E-state index >= 15 is 0 Å². The topological polar surface area (TPSA) is 88.5 Å². The molecule has 2 N–H and O–H groups in total. The molecule has 1 heterocycles. The minimum atomic E-state index is -0.728. The van der Waals surface area contributed by atoms with Crippen molar-refractivity contribution in [3.8, 4) is 0 Å². The molecular formula is C9H10N2O4. The van der Waals surface area contributed by atoms with E-state index in [4.69, 9.17) is 9.94 Å². The molecule has 0 aliphatic rings. The molecule has 0 aliphatic carbocycles. The quantitative estimate of drug-likeness (QED) is 0.427. The summed E-state index contributed by atoms with van der Waals surface area (Å²) in [5.41, 5.74) is 1.70. The van der Waals surface area contributed by atoms with E-state index in [1.54, 1.807) is 6.92 Å². The minimum absolute atomic E-state index is 0.0862. The van der Waals surface area contributed by atoms with Crippen LogP contribution in [-0.4, -0.2) is 28.7 Å². The number of carbonyl (C=O) groups excluding carboxylic acids is 2. The van der Waals surface area contributed by atoms with Gasteiger partial charge in [0.15, 0.2) is 0 Å². The van der Waals surface area contributed by atoms with E-state index < -0.39 is 11.9 Å². The van der Waals surface area contributed by atoms with Crippen LogP contribution < -0.4 is 5.48 Å². The van der Waals surface area contributed by atoms with Crippen molar-refractivity contribution in [3.05, 3.63) is 29.6 Å². The van der Waals surface area contributed by atoms with Gasteiger partial charge < -0.3 is 4.74 Å². The Labute approximate surface area is 85.8 Å². The van der Waals surface area contributed by atoms with Gasteiger partial charge in [-0.15, -0.1) is 0 Å². The zero-order valence-corrected chi connectivity index (χ0v) is 8.06. The summed E-state index contributed by atoms with van der Waals surface area (Å²) in [6.45, 7) is 1.92. The predicted molar refractivity (Wildman–Crippen MR) is 49.4 cm³/mol. The molecule has 0 radical (unpaired) electrons. The Kier molecular flexibility index (Phi) is 3.75. The lowest BCUT2D eigenvalue weighted by Crippen LogP contribution is -2.19. The van der Waals surface area contributed by atoms with Crippen LogP contribution in [0, 0.1) is 0 Å². The maximum atomic E-state index is 11.3. The van der Waals surface area contributed by atoms with E-state index in [1.807, 2.05) is 0 Å². The number of nitrogens with one attached hydrogen (secondary N) is 1. The number of hydroxylamine groups is 1. The smallest absolute Gasteiger partial charge is 0.339 e. The second-order valence-corrected chi connectivity index (χ2v) is 2.62. The van der Waals surface area contributed by atoms with Crippen LogP contribution in [0.1, 0.15) is 27.6 Å². The van der Waals surface area contributed by atoms with Gasteiger partial charge in [-0.25, -0.2) is 10.3 Å². The van der Waals surface area contributed by atoms with Gasteiger partial charge in [-0.2, -0.15) is 0 Å². The number of aromatic nitrogens is 1. The largest absolute Gasteiger partial charge is 0.462 e. The standard InChI is InChI=1S/C9H10N2O4/c1-2-15-9(13)7-3-6(4-10-5-7)8(12)11-14/h3-5,14H,2H2,1H3,(H,11,12). The van der Waals surface area contributed by atoms with Crippen molar-refractivity contribution in [2.24, 2.45) is 0 Å². The first-order valence-electron chi connectivity index (χ1n) is 4.25. The predicted octanol–water partition coefficient (Wildman–Crippen LogP) is 0.377. The molecule has 0 atom stereocenters. The lowest BCUT2D eigenvalue weighted by atomic mass is 10.2. The number of esters is 1. The van der Waals surface area contributed by atoms with Crippen molar-refractivity contribution < 1.29 is 19.5 Å². The van der Waals surface area contributed by atoms with Crippen molar-refractivity contribution in [1.29, 1.82) is 0 Å². The number of ether oxygens (including phenoxy) is 1. The molecule has 0 fully saturated rings. The lowest BCUT2D eigenvalue weighted by molar-refractivity contribution is 0.0526. The molecule has 1 aromatic rings. The van der Waals surface area contributed by atoms with Crippen LogP contribution >= 0.6 is 0 Å². The molecule has 0 aliphatic heterocycles. The van der Waals surface area contributed by atoms with Crippen molar-refractivity contribution in [1.82, 2.24) is 10.5 Å². The molecule has 0 bridgehead atoms. The summed E-state index contributed by atoms with van der Waals surface area (Å²) in [5, 5.41) is 8.38. The highest BCUT2D eigenvalue weighted by Crippen LogP contribution is 2.04. The lowest BCUT2D eigenvalue weighted by Gasteiger charge is -2.02. The minimum Gasteiger partial charge on any atom is -0.462 e. The van der Waals surface area contributed by atoms with Gasteiger partial charge in [0.05, 0.1) is 17.7 Å². The summed E-state index contributed by atoms with van der Waals surface area (Å²) in [6, 6.07) is 1.29. The van der Waals surface area contributed by atoms with Gasteiger partial charge in [0, 0.05) is 12.4 Å². The Bertz CT molecular complexity index is 378. The Morgan fingerprint density at radius 1 is 1.47 bits per heavy atom. The van der Waals surface area contributed by atoms with E-state index in [1.165, 1.54) is 23.9 Å². The molecule has 0 saturated heterocycles. The van der Waals surface area contributed by atoms with Crippen LogP contribution in [-0.2, 0) is 4.74 Å². The van der Waals surface area contributed by atoms with Gasteiger partial charge in [0.25, 0.3) is 5.91 Å². The first kappa shape index (κ1) is 11.1. The van der Waals surface area contributed by atoms with Gasteiger partial charge in [-0.05, 0) is 13.0 Å². The molecule has 80 valence electrons. The molecule has 6 heteroatoms. The van der Waals surface area contributed by atoms with Gasteiger partial charge in [-0.1, -0.05) is 0 Å². The maximum Gasteiger partial charge on any atom is 0.339 e. The highest BCUT2D eigenvalue weighted by molar-refractivity contribution is 5.96. The third-order valence-electron chi connectivity index (χ3n) is 1.61. The van der Waals surface area contributed by atoms with Gasteiger partial charge in [-0.3, -0.25) is 15.0 Å². The molecule has 1 aromatic heterocycles. The molecule has 0 spiro atoms. The second-order valence-electron chi connectivity index (χ2n) is 2.62. The van der Waals surface area contributed by atoms with Crippen LogP contribution in [0.5, 0.6) is 0 Å². The van der Waals surface area contributed by atoms with Gasteiger partial charge in [0.1, 0.15) is 0 Å². The van der Waals surface area contributed by atoms with Crippen LogP contribution in [0.25, 0.3) is 0 Å². The van der Waals surface area contributed by atoms with Gasteiger partial charge >= 0.3 is 5.97 Å². The summed E-state index contributed by atoms with van der Waals surface area (Å²) in [4.78, 5) is 25.9. The zero-order valence-electron chi connectivity index (χ0n) is 8.06. The van der Waals surface area contributed by atoms with Crippen molar-refractivity contribution in [3.63, 3.8) is 0 Å². The van der Waals surface area contributed by atoms with Crippen LogP contribution in [0.4, 0.5) is 0 Å². The number of rotatable bonds is 3. The Morgan fingerprint density at radius 2 is 2.13 bits per heavy atom.